The van der Waals surface area contributed by atoms with Gasteiger partial charge in [-0.3, -0.25) is 0 Å². The van der Waals surface area contributed by atoms with Gasteiger partial charge in [0, 0.05) is 12.6 Å². The number of rotatable bonds is 4. The minimum Gasteiger partial charge on any atom is -0.433 e. The van der Waals surface area contributed by atoms with E-state index in [1.165, 1.54) is 0 Å². The summed E-state index contributed by atoms with van der Waals surface area (Å²) in [6.45, 7) is 10.5. The molecule has 0 aromatic carbocycles. The molecule has 4 heteroatoms. The largest absolute Gasteiger partial charge is 0.508 e. The second-order valence-corrected chi connectivity index (χ2v) is 4.42. The number of hydrogen-bond donors (Lipinski definition) is 1. The molecule has 0 rings (SSSR count). The average molecular weight is 203 g/mol. The van der Waals surface area contributed by atoms with Crippen LogP contribution in [0.25, 0.3) is 0 Å². The first-order chi connectivity index (χ1) is 6.31. The Kier molecular flexibility index (Phi) is 5.53. The van der Waals surface area contributed by atoms with E-state index in [0.29, 0.717) is 19.2 Å². The van der Waals surface area contributed by atoms with Crippen LogP contribution in [0.1, 0.15) is 34.6 Å². The van der Waals surface area contributed by atoms with E-state index in [4.69, 9.17) is 9.47 Å². The lowest BCUT2D eigenvalue weighted by atomic mass is 10.2. The number of ether oxygens (including phenoxy) is 2. The molecule has 0 aliphatic heterocycles. The lowest BCUT2D eigenvalue weighted by Crippen LogP contribution is -2.29. The van der Waals surface area contributed by atoms with E-state index < -0.39 is 11.8 Å². The van der Waals surface area contributed by atoms with Crippen molar-refractivity contribution in [1.82, 2.24) is 5.32 Å². The molecule has 0 saturated carbocycles. The van der Waals surface area contributed by atoms with Crippen molar-refractivity contribution >= 4 is 6.16 Å². The molecule has 84 valence electrons. The summed E-state index contributed by atoms with van der Waals surface area (Å²) in [7, 11) is 0. The summed E-state index contributed by atoms with van der Waals surface area (Å²) in [5.74, 6) is 0. The molecule has 0 saturated heterocycles. The Labute approximate surface area is 86.0 Å². The van der Waals surface area contributed by atoms with Crippen molar-refractivity contribution in [3.63, 3.8) is 0 Å². The quantitative estimate of drug-likeness (QED) is 0.560. The van der Waals surface area contributed by atoms with Crippen LogP contribution in [0.15, 0.2) is 0 Å². The third kappa shape index (κ3) is 9.32. The fraction of sp³-hybridized carbons (Fsp3) is 0.900. The van der Waals surface area contributed by atoms with Gasteiger partial charge in [0.1, 0.15) is 12.2 Å². The summed E-state index contributed by atoms with van der Waals surface area (Å²) in [6, 6.07) is 0.400. The molecule has 0 amide bonds. The van der Waals surface area contributed by atoms with Gasteiger partial charge in [0.25, 0.3) is 0 Å². The summed E-state index contributed by atoms with van der Waals surface area (Å²) in [4.78, 5) is 11.0. The highest BCUT2D eigenvalue weighted by atomic mass is 16.7. The van der Waals surface area contributed by atoms with Crippen LogP contribution in [0.4, 0.5) is 4.79 Å². The second kappa shape index (κ2) is 5.86. The van der Waals surface area contributed by atoms with Crippen LogP contribution in [-0.4, -0.2) is 30.9 Å². The Morgan fingerprint density at radius 1 is 1.36 bits per heavy atom. The smallest absolute Gasteiger partial charge is 0.433 e. The molecule has 0 aromatic rings. The predicted molar refractivity (Wildman–Crippen MR) is 55.3 cm³/mol. The summed E-state index contributed by atoms with van der Waals surface area (Å²) >= 11 is 0. The number of carbonyl (C=O) groups excluding carboxylic acids is 1. The topological polar surface area (TPSA) is 47.6 Å². The van der Waals surface area contributed by atoms with Gasteiger partial charge in [0.15, 0.2) is 0 Å². The second-order valence-electron chi connectivity index (χ2n) is 4.42. The van der Waals surface area contributed by atoms with E-state index >= 15 is 0 Å². The zero-order valence-electron chi connectivity index (χ0n) is 9.72. The van der Waals surface area contributed by atoms with Crippen molar-refractivity contribution in [1.29, 1.82) is 0 Å². The van der Waals surface area contributed by atoms with Gasteiger partial charge >= 0.3 is 6.16 Å². The standard InChI is InChI=1S/C10H21NO3/c1-8(2)11-6-7-13-9(12)14-10(3,4)5/h8,11H,6-7H2,1-5H3. The van der Waals surface area contributed by atoms with E-state index in [2.05, 4.69) is 5.32 Å². The van der Waals surface area contributed by atoms with Crippen molar-refractivity contribution < 1.29 is 14.3 Å². The highest BCUT2D eigenvalue weighted by Crippen LogP contribution is 2.07. The maximum absolute atomic E-state index is 11.0. The molecule has 0 bridgehead atoms. The maximum Gasteiger partial charge on any atom is 0.508 e. The zero-order valence-corrected chi connectivity index (χ0v) is 9.72. The third-order valence-electron chi connectivity index (χ3n) is 1.26. The lowest BCUT2D eigenvalue weighted by molar-refractivity contribution is -0.00675. The molecule has 0 aromatic heterocycles. The summed E-state index contributed by atoms with van der Waals surface area (Å²) in [6.07, 6.45) is -0.608. The van der Waals surface area contributed by atoms with Gasteiger partial charge < -0.3 is 14.8 Å². The Morgan fingerprint density at radius 3 is 2.36 bits per heavy atom. The molecule has 4 nitrogen and oxygen atoms in total. The van der Waals surface area contributed by atoms with Crippen LogP contribution in [0.3, 0.4) is 0 Å². The summed E-state index contributed by atoms with van der Waals surface area (Å²) in [5.41, 5.74) is -0.484. The van der Waals surface area contributed by atoms with Crippen molar-refractivity contribution in [2.75, 3.05) is 13.2 Å². The van der Waals surface area contributed by atoms with Gasteiger partial charge in [-0.1, -0.05) is 13.8 Å². The van der Waals surface area contributed by atoms with E-state index in [1.54, 1.807) is 20.8 Å². The Morgan fingerprint density at radius 2 is 1.93 bits per heavy atom. The molecule has 0 spiro atoms. The molecule has 0 radical (unpaired) electrons. The van der Waals surface area contributed by atoms with Crippen LogP contribution in [-0.2, 0) is 9.47 Å². The minimum atomic E-state index is -0.608. The molecular weight excluding hydrogens is 182 g/mol. The number of hydrogen-bond acceptors (Lipinski definition) is 4. The first-order valence-corrected chi connectivity index (χ1v) is 4.90. The maximum atomic E-state index is 11.0. The summed E-state index contributed by atoms with van der Waals surface area (Å²) in [5, 5.41) is 3.13. The SMILES string of the molecule is CC(C)NCCOC(=O)OC(C)(C)C. The van der Waals surface area contributed by atoms with Crippen molar-refractivity contribution in [2.45, 2.75) is 46.3 Å². The monoisotopic (exact) mass is 203 g/mol. The molecule has 0 aliphatic carbocycles. The fourth-order valence-electron chi connectivity index (χ4n) is 0.761. The molecular formula is C10H21NO3. The normalized spacial score (nSPS) is 11.6. The molecule has 0 aliphatic rings. The van der Waals surface area contributed by atoms with Crippen molar-refractivity contribution in [3.05, 3.63) is 0 Å². The zero-order chi connectivity index (χ0) is 11.2. The molecule has 0 atom stereocenters. The van der Waals surface area contributed by atoms with Gasteiger partial charge in [0.05, 0.1) is 0 Å². The van der Waals surface area contributed by atoms with Gasteiger partial charge in [0.2, 0.25) is 0 Å². The van der Waals surface area contributed by atoms with Crippen LogP contribution in [0.2, 0.25) is 0 Å². The Bertz CT molecular complexity index is 173. The Hall–Kier alpha value is -0.770. The predicted octanol–water partition coefficient (Wildman–Crippen LogP) is 1.94. The van der Waals surface area contributed by atoms with Crippen molar-refractivity contribution in [3.8, 4) is 0 Å². The van der Waals surface area contributed by atoms with Gasteiger partial charge in [-0.2, -0.15) is 0 Å². The van der Waals surface area contributed by atoms with Crippen LogP contribution < -0.4 is 5.32 Å². The van der Waals surface area contributed by atoms with Crippen molar-refractivity contribution in [2.24, 2.45) is 0 Å². The number of carbonyl (C=O) groups is 1. The fourth-order valence-corrected chi connectivity index (χ4v) is 0.761. The molecule has 14 heavy (non-hydrogen) atoms. The van der Waals surface area contributed by atoms with Gasteiger partial charge in [-0.05, 0) is 20.8 Å². The minimum absolute atomic E-state index is 0.340. The van der Waals surface area contributed by atoms with E-state index in [9.17, 15) is 4.79 Å². The van der Waals surface area contributed by atoms with E-state index in [0.717, 1.165) is 0 Å². The average Bonchev–Trinajstić information content (AvgIpc) is 1.94. The molecule has 0 unspecified atom stereocenters. The van der Waals surface area contributed by atoms with Crippen LogP contribution >= 0.6 is 0 Å². The number of nitrogens with one attached hydrogen (secondary N) is 1. The highest BCUT2D eigenvalue weighted by Gasteiger charge is 2.16. The third-order valence-corrected chi connectivity index (χ3v) is 1.26. The lowest BCUT2D eigenvalue weighted by Gasteiger charge is -2.18. The first kappa shape index (κ1) is 13.2. The molecule has 1 N–H and O–H groups in total. The van der Waals surface area contributed by atoms with E-state index in [1.807, 2.05) is 13.8 Å². The molecule has 0 fully saturated rings. The van der Waals surface area contributed by atoms with Crippen LogP contribution in [0.5, 0.6) is 0 Å². The van der Waals surface area contributed by atoms with Crippen LogP contribution in [0, 0.1) is 0 Å². The highest BCUT2D eigenvalue weighted by molar-refractivity contribution is 5.60. The first-order valence-electron chi connectivity index (χ1n) is 4.90. The van der Waals surface area contributed by atoms with E-state index in [-0.39, 0.29) is 0 Å². The Balaban J connectivity index is 3.46. The summed E-state index contributed by atoms with van der Waals surface area (Å²) < 4.78 is 9.80. The molecule has 0 heterocycles. The van der Waals surface area contributed by atoms with Gasteiger partial charge in [-0.15, -0.1) is 0 Å². The van der Waals surface area contributed by atoms with Gasteiger partial charge in [-0.25, -0.2) is 4.79 Å².